The van der Waals surface area contributed by atoms with E-state index in [0.717, 1.165) is 0 Å². The maximum atomic E-state index is 13.3. The molecule has 0 aliphatic heterocycles. The maximum Gasteiger partial charge on any atom is 0.386 e. The molecule has 19 heavy (non-hydrogen) atoms. The fourth-order valence-electron chi connectivity index (χ4n) is 1.23. The van der Waals surface area contributed by atoms with E-state index >= 15 is 0 Å². The summed E-state index contributed by atoms with van der Waals surface area (Å²) in [6, 6.07) is 7.46. The number of benzene rings is 1. The minimum atomic E-state index is -4.21. The molecule has 1 aromatic rings. The highest BCUT2D eigenvalue weighted by molar-refractivity contribution is 5.94. The highest BCUT2D eigenvalue weighted by atomic mass is 19.3. The van der Waals surface area contributed by atoms with Crippen LogP contribution in [0.4, 0.5) is 8.78 Å². The van der Waals surface area contributed by atoms with Crippen LogP contribution in [0.25, 0.3) is 0 Å². The number of aliphatic hydroxyl groups excluding tert-OH is 1. The van der Waals surface area contributed by atoms with Crippen molar-refractivity contribution in [3.05, 3.63) is 35.9 Å². The second-order valence-corrected chi connectivity index (χ2v) is 3.59. The van der Waals surface area contributed by atoms with Crippen molar-refractivity contribution in [3.8, 4) is 0 Å². The van der Waals surface area contributed by atoms with Crippen molar-refractivity contribution in [1.82, 2.24) is 5.32 Å². The van der Waals surface area contributed by atoms with Gasteiger partial charge in [0.2, 0.25) is 6.23 Å². The van der Waals surface area contributed by atoms with E-state index in [2.05, 4.69) is 4.74 Å². The summed E-state index contributed by atoms with van der Waals surface area (Å²) in [5.41, 5.74) is 0.0845. The number of esters is 1. The van der Waals surface area contributed by atoms with E-state index < -0.39 is 24.0 Å². The van der Waals surface area contributed by atoms with Crippen LogP contribution < -0.4 is 5.32 Å². The third-order valence-electron chi connectivity index (χ3n) is 2.19. The molecular formula is C12H13F2NO4. The number of halogens is 2. The van der Waals surface area contributed by atoms with Gasteiger partial charge >= 0.3 is 11.9 Å². The molecule has 2 N–H and O–H groups in total. The van der Waals surface area contributed by atoms with Gasteiger partial charge in [-0.05, 0) is 19.1 Å². The highest BCUT2D eigenvalue weighted by Gasteiger charge is 2.49. The lowest BCUT2D eigenvalue weighted by Gasteiger charge is -2.21. The van der Waals surface area contributed by atoms with Gasteiger partial charge in [-0.2, -0.15) is 8.78 Å². The molecule has 1 amide bonds. The first-order chi connectivity index (χ1) is 8.89. The Kier molecular flexibility index (Phi) is 4.94. The third kappa shape index (κ3) is 3.72. The molecule has 0 spiro atoms. The minimum absolute atomic E-state index is 0.0845. The van der Waals surface area contributed by atoms with Crippen LogP contribution in [0.15, 0.2) is 30.3 Å². The Morgan fingerprint density at radius 1 is 1.37 bits per heavy atom. The molecule has 0 saturated carbocycles. The molecular weight excluding hydrogens is 260 g/mol. The van der Waals surface area contributed by atoms with E-state index in [4.69, 9.17) is 0 Å². The number of nitrogens with one attached hydrogen (secondary N) is 1. The predicted molar refractivity (Wildman–Crippen MR) is 61.5 cm³/mol. The summed E-state index contributed by atoms with van der Waals surface area (Å²) in [4.78, 5) is 22.5. The van der Waals surface area contributed by atoms with Gasteiger partial charge in [-0.25, -0.2) is 4.79 Å². The largest absolute Gasteiger partial charge is 0.461 e. The van der Waals surface area contributed by atoms with Crippen molar-refractivity contribution in [2.24, 2.45) is 0 Å². The Morgan fingerprint density at radius 2 is 1.95 bits per heavy atom. The molecule has 0 radical (unpaired) electrons. The molecule has 1 aromatic carbocycles. The lowest BCUT2D eigenvalue weighted by Crippen LogP contribution is -2.52. The minimum Gasteiger partial charge on any atom is -0.461 e. The van der Waals surface area contributed by atoms with Gasteiger partial charge < -0.3 is 15.2 Å². The van der Waals surface area contributed by atoms with E-state index in [9.17, 15) is 23.5 Å². The molecule has 0 aliphatic carbocycles. The monoisotopic (exact) mass is 273 g/mol. The normalized spacial score (nSPS) is 12.6. The van der Waals surface area contributed by atoms with Crippen molar-refractivity contribution in [2.45, 2.75) is 19.1 Å². The van der Waals surface area contributed by atoms with Crippen LogP contribution in [0.2, 0.25) is 0 Å². The first-order valence-electron chi connectivity index (χ1n) is 5.48. The van der Waals surface area contributed by atoms with E-state index in [-0.39, 0.29) is 12.2 Å². The van der Waals surface area contributed by atoms with E-state index in [1.54, 1.807) is 11.4 Å². The summed E-state index contributed by atoms with van der Waals surface area (Å²) in [5.74, 6) is -7.02. The Bertz CT molecular complexity index is 450. The van der Waals surface area contributed by atoms with E-state index in [0.29, 0.717) is 0 Å². The summed E-state index contributed by atoms with van der Waals surface area (Å²) in [7, 11) is 0. The van der Waals surface area contributed by atoms with Gasteiger partial charge in [0, 0.05) is 5.56 Å². The van der Waals surface area contributed by atoms with Crippen molar-refractivity contribution < 1.29 is 28.2 Å². The quantitative estimate of drug-likeness (QED) is 0.618. The van der Waals surface area contributed by atoms with Crippen LogP contribution in [0, 0.1) is 0 Å². The van der Waals surface area contributed by atoms with E-state index in [1.165, 1.54) is 31.2 Å². The Hall–Kier alpha value is -2.02. The first kappa shape index (κ1) is 15.0. The van der Waals surface area contributed by atoms with Gasteiger partial charge in [0.05, 0.1) is 6.61 Å². The van der Waals surface area contributed by atoms with Crippen LogP contribution in [0.3, 0.4) is 0 Å². The highest BCUT2D eigenvalue weighted by Crippen LogP contribution is 2.19. The molecule has 0 aliphatic rings. The molecule has 1 unspecified atom stereocenters. The average molecular weight is 273 g/mol. The van der Waals surface area contributed by atoms with Crippen molar-refractivity contribution >= 4 is 11.9 Å². The fourth-order valence-corrected chi connectivity index (χ4v) is 1.23. The number of aliphatic hydroxyl groups is 1. The van der Waals surface area contributed by atoms with Gasteiger partial charge in [-0.1, -0.05) is 18.2 Å². The molecule has 0 aromatic heterocycles. The summed E-state index contributed by atoms with van der Waals surface area (Å²) in [6.07, 6.45) is -2.65. The first-order valence-corrected chi connectivity index (χ1v) is 5.48. The molecule has 0 heterocycles. The smallest absolute Gasteiger partial charge is 0.386 e. The zero-order valence-corrected chi connectivity index (χ0v) is 10.1. The molecule has 1 atom stereocenters. The number of carbonyl (C=O) groups excluding carboxylic acids is 2. The predicted octanol–water partition coefficient (Wildman–Crippen LogP) is 0.933. The van der Waals surface area contributed by atoms with Crippen LogP contribution >= 0.6 is 0 Å². The standard InChI is InChI=1S/C12H13F2NO4/c1-2-19-11(18)12(13,14)10(17)15-9(16)8-6-4-3-5-7-8/h3-7,10,17H,2H2,1H3,(H,15,16). The number of hydrogen-bond donors (Lipinski definition) is 2. The zero-order valence-electron chi connectivity index (χ0n) is 10.1. The van der Waals surface area contributed by atoms with Crippen LogP contribution in [-0.2, 0) is 9.53 Å². The molecule has 0 bridgehead atoms. The van der Waals surface area contributed by atoms with Crippen molar-refractivity contribution in [1.29, 1.82) is 0 Å². The van der Waals surface area contributed by atoms with Gasteiger partial charge in [0.25, 0.3) is 5.91 Å². The lowest BCUT2D eigenvalue weighted by atomic mass is 10.2. The number of ether oxygens (including phenoxy) is 1. The summed E-state index contributed by atoms with van der Waals surface area (Å²) in [6.45, 7) is 1.09. The van der Waals surface area contributed by atoms with Crippen LogP contribution in [-0.4, -0.2) is 35.7 Å². The number of carbonyl (C=O) groups is 2. The second kappa shape index (κ2) is 6.24. The second-order valence-electron chi connectivity index (χ2n) is 3.59. The molecule has 0 saturated heterocycles. The number of amides is 1. The third-order valence-corrected chi connectivity index (χ3v) is 2.19. The Balaban J connectivity index is 2.71. The topological polar surface area (TPSA) is 75.6 Å². The summed E-state index contributed by atoms with van der Waals surface area (Å²) >= 11 is 0. The number of hydrogen-bond acceptors (Lipinski definition) is 4. The fraction of sp³-hybridized carbons (Fsp3) is 0.333. The zero-order chi connectivity index (χ0) is 14.5. The molecule has 5 nitrogen and oxygen atoms in total. The van der Waals surface area contributed by atoms with Crippen molar-refractivity contribution in [3.63, 3.8) is 0 Å². The average Bonchev–Trinajstić information content (AvgIpc) is 2.39. The van der Waals surface area contributed by atoms with Crippen LogP contribution in [0.1, 0.15) is 17.3 Å². The maximum absolute atomic E-state index is 13.3. The van der Waals surface area contributed by atoms with Gasteiger partial charge in [-0.3, -0.25) is 4.79 Å². The Morgan fingerprint density at radius 3 is 2.47 bits per heavy atom. The summed E-state index contributed by atoms with van der Waals surface area (Å²) in [5, 5.41) is 10.9. The molecule has 104 valence electrons. The van der Waals surface area contributed by atoms with Gasteiger partial charge in [-0.15, -0.1) is 0 Å². The van der Waals surface area contributed by atoms with Gasteiger partial charge in [0.1, 0.15) is 0 Å². The number of rotatable bonds is 5. The lowest BCUT2D eigenvalue weighted by molar-refractivity contribution is -0.190. The summed E-state index contributed by atoms with van der Waals surface area (Å²) < 4.78 is 30.8. The van der Waals surface area contributed by atoms with E-state index in [1.807, 2.05) is 0 Å². The molecule has 1 rings (SSSR count). The van der Waals surface area contributed by atoms with Crippen LogP contribution in [0.5, 0.6) is 0 Å². The van der Waals surface area contributed by atoms with Crippen molar-refractivity contribution in [2.75, 3.05) is 6.61 Å². The number of alkyl halides is 2. The van der Waals surface area contributed by atoms with Gasteiger partial charge in [0.15, 0.2) is 0 Å². The Labute approximate surface area is 108 Å². The molecule has 0 fully saturated rings. The SMILES string of the molecule is CCOC(=O)C(F)(F)C(O)NC(=O)c1ccccc1. The molecule has 7 heteroatoms.